The van der Waals surface area contributed by atoms with Crippen LogP contribution >= 0.6 is 11.3 Å². The highest BCUT2D eigenvalue weighted by Gasteiger charge is 2.22. The summed E-state index contributed by atoms with van der Waals surface area (Å²) in [7, 11) is 1.85. The fourth-order valence-corrected chi connectivity index (χ4v) is 2.68. The Hall–Kier alpha value is -1.36. The maximum atomic E-state index is 4.57. The van der Waals surface area contributed by atoms with Gasteiger partial charge in [-0.25, -0.2) is 4.98 Å². The molecular weight excluding hydrogens is 268 g/mol. The number of aromatic nitrogens is 2. The Labute approximate surface area is 125 Å². The molecule has 0 saturated heterocycles. The number of hydrogen-bond donors (Lipinski definition) is 2. The van der Waals surface area contributed by atoms with Crippen LogP contribution in [0.15, 0.2) is 6.07 Å². The molecular formula is C15H24N4S. The molecule has 0 bridgehead atoms. The normalized spacial score (nSPS) is 12.2. The highest BCUT2D eigenvalue weighted by molar-refractivity contribution is 7.18. The number of fused-ring (bicyclic) bond motifs is 1. The Kier molecular flexibility index (Phi) is 4.18. The molecule has 0 aliphatic carbocycles. The van der Waals surface area contributed by atoms with Gasteiger partial charge in [0.2, 0.25) is 5.95 Å². The summed E-state index contributed by atoms with van der Waals surface area (Å²) < 4.78 is 0. The number of aryl methyl sites for hydroxylation is 1. The zero-order chi connectivity index (χ0) is 14.9. The number of nitrogens with one attached hydrogen (secondary N) is 2. The van der Waals surface area contributed by atoms with E-state index in [1.165, 1.54) is 4.88 Å². The van der Waals surface area contributed by atoms with Crippen LogP contribution in [0.3, 0.4) is 0 Å². The molecule has 20 heavy (non-hydrogen) atoms. The summed E-state index contributed by atoms with van der Waals surface area (Å²) in [5.74, 6) is 2.21. The van der Waals surface area contributed by atoms with Crippen molar-refractivity contribution >= 4 is 33.3 Å². The van der Waals surface area contributed by atoms with E-state index in [9.17, 15) is 0 Å². The molecule has 2 rings (SSSR count). The summed E-state index contributed by atoms with van der Waals surface area (Å²) in [5.41, 5.74) is 0.224. The van der Waals surface area contributed by atoms with E-state index in [4.69, 9.17) is 0 Å². The number of thiophene rings is 1. The predicted molar refractivity (Wildman–Crippen MR) is 88.8 cm³/mol. The smallest absolute Gasteiger partial charge is 0.225 e. The molecule has 0 unspecified atom stereocenters. The Morgan fingerprint density at radius 2 is 2.00 bits per heavy atom. The van der Waals surface area contributed by atoms with Gasteiger partial charge in [-0.3, -0.25) is 0 Å². The lowest BCUT2D eigenvalue weighted by Gasteiger charge is -2.29. The van der Waals surface area contributed by atoms with Crippen LogP contribution in [0.2, 0.25) is 0 Å². The minimum absolute atomic E-state index is 0.224. The van der Waals surface area contributed by atoms with Crippen molar-refractivity contribution in [2.75, 3.05) is 24.2 Å². The van der Waals surface area contributed by atoms with E-state index in [0.29, 0.717) is 11.9 Å². The standard InChI is InChI=1S/C15H24N4S/c1-9(2)15(4,5)8-17-12-11-7-10(3)20-13(11)19-14(16-6)18-12/h7,9H,8H2,1-6H3,(H2,16,17,18,19). The van der Waals surface area contributed by atoms with Crippen molar-refractivity contribution in [3.8, 4) is 0 Å². The van der Waals surface area contributed by atoms with E-state index in [2.05, 4.69) is 61.3 Å². The lowest BCUT2D eigenvalue weighted by molar-refractivity contribution is 0.269. The fraction of sp³-hybridized carbons (Fsp3) is 0.600. The second kappa shape index (κ2) is 5.56. The average molecular weight is 292 g/mol. The van der Waals surface area contributed by atoms with Gasteiger partial charge in [0.15, 0.2) is 0 Å². The molecule has 2 aromatic heterocycles. The van der Waals surface area contributed by atoms with Gasteiger partial charge in [0.1, 0.15) is 10.6 Å². The quantitative estimate of drug-likeness (QED) is 0.869. The van der Waals surface area contributed by atoms with E-state index in [-0.39, 0.29) is 5.41 Å². The first-order valence-corrected chi connectivity index (χ1v) is 7.85. The van der Waals surface area contributed by atoms with Gasteiger partial charge in [-0.15, -0.1) is 11.3 Å². The maximum absolute atomic E-state index is 4.57. The minimum atomic E-state index is 0.224. The second-order valence-electron chi connectivity index (χ2n) is 6.22. The molecule has 0 amide bonds. The Balaban J connectivity index is 2.33. The van der Waals surface area contributed by atoms with Crippen LogP contribution in [0.1, 0.15) is 32.6 Å². The molecule has 2 aromatic rings. The first-order valence-electron chi connectivity index (χ1n) is 7.03. The maximum Gasteiger partial charge on any atom is 0.225 e. The predicted octanol–water partition coefficient (Wildman–Crippen LogP) is 4.14. The first kappa shape index (κ1) is 15.0. The van der Waals surface area contributed by atoms with Crippen LogP contribution in [0, 0.1) is 18.3 Å². The molecule has 110 valence electrons. The third-order valence-electron chi connectivity index (χ3n) is 4.01. The number of hydrogen-bond acceptors (Lipinski definition) is 5. The molecule has 0 atom stereocenters. The summed E-state index contributed by atoms with van der Waals surface area (Å²) >= 11 is 1.70. The minimum Gasteiger partial charge on any atom is -0.369 e. The molecule has 0 spiro atoms. The lowest BCUT2D eigenvalue weighted by atomic mass is 9.81. The van der Waals surface area contributed by atoms with Crippen molar-refractivity contribution in [2.45, 2.75) is 34.6 Å². The monoisotopic (exact) mass is 292 g/mol. The summed E-state index contributed by atoms with van der Waals surface area (Å²) in [6.07, 6.45) is 0. The average Bonchev–Trinajstić information content (AvgIpc) is 2.75. The fourth-order valence-electron chi connectivity index (χ4n) is 1.80. The van der Waals surface area contributed by atoms with Crippen LogP contribution in [0.25, 0.3) is 10.2 Å². The van der Waals surface area contributed by atoms with Crippen LogP contribution in [0.5, 0.6) is 0 Å². The molecule has 2 N–H and O–H groups in total. The molecule has 0 saturated carbocycles. The molecule has 0 aliphatic rings. The Morgan fingerprint density at radius 3 is 2.60 bits per heavy atom. The van der Waals surface area contributed by atoms with Crippen molar-refractivity contribution in [3.63, 3.8) is 0 Å². The molecule has 0 aliphatic heterocycles. The van der Waals surface area contributed by atoms with Crippen LogP contribution in [0.4, 0.5) is 11.8 Å². The third kappa shape index (κ3) is 3.03. The molecule has 0 fully saturated rings. The van der Waals surface area contributed by atoms with Crippen molar-refractivity contribution in [1.29, 1.82) is 0 Å². The zero-order valence-corrected chi connectivity index (χ0v) is 14.0. The van der Waals surface area contributed by atoms with Crippen LogP contribution in [-0.2, 0) is 0 Å². The zero-order valence-electron chi connectivity index (χ0n) is 13.2. The van der Waals surface area contributed by atoms with Gasteiger partial charge in [-0.1, -0.05) is 27.7 Å². The number of anilines is 2. The van der Waals surface area contributed by atoms with Crippen LogP contribution in [-0.4, -0.2) is 23.6 Å². The summed E-state index contributed by atoms with van der Waals surface area (Å²) in [4.78, 5) is 11.4. The summed E-state index contributed by atoms with van der Waals surface area (Å²) in [6.45, 7) is 12.1. The number of nitrogens with zero attached hydrogens (tertiary/aromatic N) is 2. The first-order chi connectivity index (χ1) is 9.33. The van der Waals surface area contributed by atoms with Gasteiger partial charge in [0, 0.05) is 18.5 Å². The Bertz CT molecular complexity index is 601. The molecule has 0 radical (unpaired) electrons. The highest BCUT2D eigenvalue weighted by Crippen LogP contribution is 2.31. The topological polar surface area (TPSA) is 49.8 Å². The van der Waals surface area contributed by atoms with E-state index < -0.39 is 0 Å². The van der Waals surface area contributed by atoms with Crippen molar-refractivity contribution < 1.29 is 0 Å². The largest absolute Gasteiger partial charge is 0.369 e. The van der Waals surface area contributed by atoms with Gasteiger partial charge in [-0.05, 0) is 24.3 Å². The van der Waals surface area contributed by atoms with Crippen LogP contribution < -0.4 is 10.6 Å². The van der Waals surface area contributed by atoms with E-state index in [0.717, 1.165) is 22.6 Å². The van der Waals surface area contributed by atoms with Crippen molar-refractivity contribution in [3.05, 3.63) is 10.9 Å². The molecule has 2 heterocycles. The van der Waals surface area contributed by atoms with Gasteiger partial charge in [-0.2, -0.15) is 4.98 Å². The van der Waals surface area contributed by atoms with E-state index >= 15 is 0 Å². The molecule has 5 heteroatoms. The van der Waals surface area contributed by atoms with Gasteiger partial charge < -0.3 is 10.6 Å². The van der Waals surface area contributed by atoms with Crippen molar-refractivity contribution in [1.82, 2.24) is 9.97 Å². The van der Waals surface area contributed by atoms with E-state index in [1.807, 2.05) is 7.05 Å². The SMILES string of the molecule is CNc1nc(NCC(C)(C)C(C)C)c2cc(C)sc2n1. The summed E-state index contributed by atoms with van der Waals surface area (Å²) in [5, 5.41) is 7.66. The van der Waals surface area contributed by atoms with Gasteiger partial charge in [0.25, 0.3) is 0 Å². The van der Waals surface area contributed by atoms with E-state index in [1.54, 1.807) is 11.3 Å². The third-order valence-corrected chi connectivity index (χ3v) is 4.96. The Morgan fingerprint density at radius 1 is 1.30 bits per heavy atom. The second-order valence-corrected chi connectivity index (χ2v) is 7.45. The molecule has 0 aromatic carbocycles. The number of rotatable bonds is 5. The van der Waals surface area contributed by atoms with Gasteiger partial charge in [0.05, 0.1) is 5.39 Å². The van der Waals surface area contributed by atoms with Gasteiger partial charge >= 0.3 is 0 Å². The van der Waals surface area contributed by atoms with Crippen molar-refractivity contribution in [2.24, 2.45) is 11.3 Å². The lowest BCUT2D eigenvalue weighted by Crippen LogP contribution is -2.28. The highest BCUT2D eigenvalue weighted by atomic mass is 32.1. The molecule has 4 nitrogen and oxygen atoms in total. The summed E-state index contributed by atoms with van der Waals surface area (Å²) in [6, 6.07) is 2.16.